The van der Waals surface area contributed by atoms with Crippen LogP contribution in [-0.2, 0) is 4.79 Å². The minimum Gasteiger partial charge on any atom is -0.355 e. The fraction of sp³-hybridized carbons (Fsp3) is 0.400. The Morgan fingerprint density at radius 1 is 1.17 bits per heavy atom. The van der Waals surface area contributed by atoms with Gasteiger partial charge in [0.2, 0.25) is 11.9 Å². The molecule has 2 aromatic heterocycles. The number of amides is 1. The first-order chi connectivity index (χ1) is 19.7. The fourth-order valence-electron chi connectivity index (χ4n) is 6.61. The van der Waals surface area contributed by atoms with Crippen molar-refractivity contribution >= 4 is 51.1 Å². The molecule has 3 saturated heterocycles. The summed E-state index contributed by atoms with van der Waals surface area (Å²) in [6.45, 7) is 9.98. The molecule has 0 radical (unpaired) electrons. The van der Waals surface area contributed by atoms with Gasteiger partial charge in [-0.05, 0) is 51.2 Å². The van der Waals surface area contributed by atoms with E-state index in [2.05, 4.69) is 45.6 Å². The SMILES string of the molecule is C=CC(=O)N1CC2(CCN(c3nc(N4CC(N(C)C)C4)nc4c(F)c(-c5c(C)ccc6[nH]ncc56)c(Cl)cc34)C2)C1. The first-order valence-corrected chi connectivity index (χ1v) is 14.3. The van der Waals surface area contributed by atoms with E-state index >= 15 is 4.39 Å². The van der Waals surface area contributed by atoms with Crippen LogP contribution in [0.4, 0.5) is 16.2 Å². The van der Waals surface area contributed by atoms with E-state index in [1.54, 1.807) is 6.20 Å². The Balaban J connectivity index is 1.35. The Morgan fingerprint density at radius 2 is 1.95 bits per heavy atom. The maximum atomic E-state index is 16.8. The highest BCUT2D eigenvalue weighted by atomic mass is 35.5. The third kappa shape index (κ3) is 4.06. The van der Waals surface area contributed by atoms with Crippen molar-refractivity contribution in [1.82, 2.24) is 30.0 Å². The molecule has 212 valence electrons. The van der Waals surface area contributed by atoms with Crippen LogP contribution in [0.15, 0.2) is 37.1 Å². The predicted molar refractivity (Wildman–Crippen MR) is 160 cm³/mol. The second kappa shape index (κ2) is 9.39. The van der Waals surface area contributed by atoms with Gasteiger partial charge in [0, 0.05) is 72.6 Å². The number of aromatic nitrogens is 4. The largest absolute Gasteiger partial charge is 0.355 e. The highest BCUT2D eigenvalue weighted by Gasteiger charge is 2.49. The maximum Gasteiger partial charge on any atom is 0.245 e. The Morgan fingerprint density at radius 3 is 2.68 bits per heavy atom. The molecule has 1 N–H and O–H groups in total. The zero-order valence-corrected chi connectivity index (χ0v) is 24.2. The molecule has 0 aliphatic carbocycles. The van der Waals surface area contributed by atoms with Crippen LogP contribution in [0.2, 0.25) is 5.02 Å². The van der Waals surface area contributed by atoms with Crippen LogP contribution in [0, 0.1) is 18.2 Å². The lowest BCUT2D eigenvalue weighted by Gasteiger charge is -2.47. The molecule has 0 atom stereocenters. The topological polar surface area (TPSA) is 84.5 Å². The Bertz CT molecular complexity index is 1720. The smallest absolute Gasteiger partial charge is 0.245 e. The molecule has 9 nitrogen and oxygen atoms in total. The number of benzene rings is 2. The predicted octanol–water partition coefficient (Wildman–Crippen LogP) is 4.25. The summed E-state index contributed by atoms with van der Waals surface area (Å²) >= 11 is 6.91. The first-order valence-electron chi connectivity index (χ1n) is 13.9. The molecule has 0 bridgehead atoms. The number of carbonyl (C=O) groups is 1. The number of H-pyrrole nitrogens is 1. The summed E-state index contributed by atoms with van der Waals surface area (Å²) in [7, 11) is 4.12. The van der Waals surface area contributed by atoms with Crippen molar-refractivity contribution in [1.29, 1.82) is 0 Å². The minimum atomic E-state index is -0.459. The zero-order valence-electron chi connectivity index (χ0n) is 23.4. The van der Waals surface area contributed by atoms with Gasteiger partial charge in [-0.2, -0.15) is 10.1 Å². The molecule has 11 heteroatoms. The standard InChI is InChI=1S/C30H32ClFN8O/c1-5-23(41)40-15-30(16-40)8-9-38(14-30)28-19-10-21(31)25(24-17(2)6-7-22-20(24)11-33-36-22)26(32)27(19)34-29(35-28)39-12-18(13-39)37(3)4/h5-7,10-11,18H,1,8-9,12-16H2,2-4H3,(H,33,36). The Kier molecular flexibility index (Phi) is 5.99. The third-order valence-electron chi connectivity index (χ3n) is 9.09. The van der Waals surface area contributed by atoms with E-state index in [0.29, 0.717) is 52.4 Å². The van der Waals surface area contributed by atoms with E-state index in [4.69, 9.17) is 21.6 Å². The normalized spacial score (nSPS) is 18.5. The summed E-state index contributed by atoms with van der Waals surface area (Å²) in [5.74, 6) is 0.712. The first kappa shape index (κ1) is 26.2. The molecule has 3 aliphatic heterocycles. The van der Waals surface area contributed by atoms with Crippen molar-refractivity contribution in [2.45, 2.75) is 19.4 Å². The van der Waals surface area contributed by atoms with Gasteiger partial charge >= 0.3 is 0 Å². The van der Waals surface area contributed by atoms with Gasteiger partial charge in [0.05, 0.1) is 16.7 Å². The number of halogens is 2. The minimum absolute atomic E-state index is 0.000794. The van der Waals surface area contributed by atoms with E-state index in [-0.39, 0.29) is 16.8 Å². The maximum absolute atomic E-state index is 16.8. The number of nitrogens with zero attached hydrogens (tertiary/aromatic N) is 7. The van der Waals surface area contributed by atoms with Crippen molar-refractivity contribution < 1.29 is 9.18 Å². The van der Waals surface area contributed by atoms with E-state index in [1.807, 2.05) is 30.0 Å². The Hall–Kier alpha value is -3.76. The molecule has 2 aromatic carbocycles. The van der Waals surface area contributed by atoms with Gasteiger partial charge in [0.15, 0.2) is 5.82 Å². The second-order valence-electron chi connectivity index (χ2n) is 12.0. The van der Waals surface area contributed by atoms with E-state index in [0.717, 1.165) is 49.1 Å². The summed E-state index contributed by atoms with van der Waals surface area (Å²) in [6.07, 6.45) is 4.00. The number of anilines is 2. The molecule has 1 amide bonds. The molecular formula is C30H32ClFN8O. The number of nitrogens with one attached hydrogen (secondary N) is 1. The van der Waals surface area contributed by atoms with Gasteiger partial charge in [0.1, 0.15) is 11.3 Å². The lowest BCUT2D eigenvalue weighted by atomic mass is 9.79. The molecule has 4 aromatic rings. The molecule has 3 aliphatic rings. The van der Waals surface area contributed by atoms with Crippen molar-refractivity contribution in [3.05, 3.63) is 53.5 Å². The number of rotatable bonds is 5. The van der Waals surface area contributed by atoms with Gasteiger partial charge < -0.3 is 19.6 Å². The van der Waals surface area contributed by atoms with Crippen LogP contribution in [0.1, 0.15) is 12.0 Å². The summed E-state index contributed by atoms with van der Waals surface area (Å²) in [5.41, 5.74) is 3.00. The zero-order chi connectivity index (χ0) is 28.6. The molecule has 5 heterocycles. The van der Waals surface area contributed by atoms with Crippen molar-refractivity contribution in [3.63, 3.8) is 0 Å². The lowest BCUT2D eigenvalue weighted by molar-refractivity contribution is -0.136. The van der Waals surface area contributed by atoms with Gasteiger partial charge in [-0.25, -0.2) is 9.37 Å². The fourth-order valence-corrected chi connectivity index (χ4v) is 6.89. The second-order valence-corrected chi connectivity index (χ2v) is 12.4. The summed E-state index contributed by atoms with van der Waals surface area (Å²) in [4.78, 5) is 30.3. The van der Waals surface area contributed by atoms with Crippen LogP contribution in [0.3, 0.4) is 0 Å². The van der Waals surface area contributed by atoms with Crippen molar-refractivity contribution in [2.75, 3.05) is 63.2 Å². The number of hydrogen-bond donors (Lipinski definition) is 1. The van der Waals surface area contributed by atoms with Crippen LogP contribution in [0.5, 0.6) is 0 Å². The lowest BCUT2D eigenvalue weighted by Crippen LogP contribution is -2.59. The van der Waals surface area contributed by atoms with Crippen LogP contribution in [0.25, 0.3) is 32.9 Å². The average Bonchev–Trinajstić information content (AvgIpc) is 3.55. The molecule has 3 fully saturated rings. The van der Waals surface area contributed by atoms with Gasteiger partial charge in [-0.15, -0.1) is 0 Å². The molecule has 1 spiro atoms. The van der Waals surface area contributed by atoms with E-state index < -0.39 is 5.82 Å². The number of likely N-dealkylation sites (N-methyl/N-ethyl adjacent to an activating group) is 1. The summed E-state index contributed by atoms with van der Waals surface area (Å²) in [6, 6.07) is 6.08. The van der Waals surface area contributed by atoms with Gasteiger partial charge in [0.25, 0.3) is 0 Å². The van der Waals surface area contributed by atoms with Crippen LogP contribution in [-0.4, -0.2) is 95.3 Å². The van der Waals surface area contributed by atoms with E-state index in [1.165, 1.54) is 6.08 Å². The van der Waals surface area contributed by atoms with E-state index in [9.17, 15) is 4.79 Å². The quantitative estimate of drug-likeness (QED) is 0.357. The van der Waals surface area contributed by atoms with Gasteiger partial charge in [-0.3, -0.25) is 9.89 Å². The summed E-state index contributed by atoms with van der Waals surface area (Å²) < 4.78 is 16.8. The number of aryl methyl sites for hydroxylation is 1. The molecular weight excluding hydrogens is 543 g/mol. The molecule has 7 rings (SSSR count). The monoisotopic (exact) mass is 574 g/mol. The molecule has 0 unspecified atom stereocenters. The van der Waals surface area contributed by atoms with Crippen LogP contribution >= 0.6 is 11.6 Å². The van der Waals surface area contributed by atoms with Crippen LogP contribution < -0.4 is 9.80 Å². The summed E-state index contributed by atoms with van der Waals surface area (Å²) in [5, 5.41) is 8.86. The average molecular weight is 575 g/mol. The Labute approximate surface area is 242 Å². The van der Waals surface area contributed by atoms with Crippen molar-refractivity contribution in [3.8, 4) is 11.1 Å². The number of carbonyl (C=O) groups excluding carboxylic acids is 1. The number of fused-ring (bicyclic) bond motifs is 2. The van der Waals surface area contributed by atoms with Crippen molar-refractivity contribution in [2.24, 2.45) is 5.41 Å². The highest BCUT2D eigenvalue weighted by molar-refractivity contribution is 6.35. The van der Waals surface area contributed by atoms with Gasteiger partial charge in [-0.1, -0.05) is 24.2 Å². The molecule has 41 heavy (non-hydrogen) atoms. The number of aromatic amines is 1. The third-order valence-corrected chi connectivity index (χ3v) is 9.38. The number of hydrogen-bond acceptors (Lipinski definition) is 7. The highest BCUT2D eigenvalue weighted by Crippen LogP contribution is 2.45. The number of likely N-dealkylation sites (tertiary alicyclic amines) is 1. The molecule has 0 saturated carbocycles.